The van der Waals surface area contributed by atoms with Gasteiger partial charge < -0.3 is 10.3 Å². The first-order valence-electron chi connectivity index (χ1n) is 9.15. The van der Waals surface area contributed by atoms with Crippen LogP contribution in [0.3, 0.4) is 0 Å². The molecule has 0 unspecified atom stereocenters. The van der Waals surface area contributed by atoms with Gasteiger partial charge in [-0.1, -0.05) is 44.2 Å². The number of pyridine rings is 1. The molecule has 2 heterocycles. The predicted octanol–water partition coefficient (Wildman–Crippen LogP) is 4.55. The minimum Gasteiger partial charge on any atom is -0.342 e. The highest BCUT2D eigenvalue weighted by Crippen LogP contribution is 2.24. The second-order valence-corrected chi connectivity index (χ2v) is 7.16. The molecule has 2 aromatic heterocycles. The highest BCUT2D eigenvalue weighted by atomic mass is 16.1. The number of hydrogen-bond donors (Lipinski definition) is 2. The number of amides is 1. The molecule has 0 radical (unpaired) electrons. The highest BCUT2D eigenvalue weighted by Gasteiger charge is 2.23. The number of carbonyl (C=O) groups is 1. The lowest BCUT2D eigenvalue weighted by Crippen LogP contribution is -2.32. The van der Waals surface area contributed by atoms with Gasteiger partial charge in [0.05, 0.1) is 28.2 Å². The molecule has 0 saturated heterocycles. The topological polar surface area (TPSA) is 70.7 Å². The Kier molecular flexibility index (Phi) is 4.36. The van der Waals surface area contributed by atoms with E-state index in [0.29, 0.717) is 5.56 Å². The summed E-state index contributed by atoms with van der Waals surface area (Å²) in [6, 6.07) is 17.2. The Balaban J connectivity index is 1.71. The zero-order valence-electron chi connectivity index (χ0n) is 15.7. The lowest BCUT2D eigenvalue weighted by atomic mass is 10.0. The number of rotatable bonds is 4. The first-order chi connectivity index (χ1) is 13.0. The Hall–Kier alpha value is -3.21. The summed E-state index contributed by atoms with van der Waals surface area (Å²) < 4.78 is 0. The van der Waals surface area contributed by atoms with Crippen LogP contribution in [0.1, 0.15) is 41.8 Å². The molecule has 136 valence electrons. The van der Waals surface area contributed by atoms with Crippen molar-refractivity contribution in [3.05, 3.63) is 71.7 Å². The van der Waals surface area contributed by atoms with Crippen LogP contribution in [-0.4, -0.2) is 20.9 Å². The number of carbonyl (C=O) groups excluding carboxylic acids is 1. The Morgan fingerprint density at radius 3 is 2.44 bits per heavy atom. The quantitative estimate of drug-likeness (QED) is 0.562. The summed E-state index contributed by atoms with van der Waals surface area (Å²) in [4.78, 5) is 25.7. The van der Waals surface area contributed by atoms with Crippen molar-refractivity contribution in [2.24, 2.45) is 5.92 Å². The lowest BCUT2D eigenvalue weighted by Gasteiger charge is -2.21. The number of fused-ring (bicyclic) bond motifs is 2. The second-order valence-electron chi connectivity index (χ2n) is 7.16. The van der Waals surface area contributed by atoms with Gasteiger partial charge in [-0.2, -0.15) is 0 Å². The minimum atomic E-state index is -0.211. The van der Waals surface area contributed by atoms with E-state index in [0.717, 1.165) is 33.5 Å². The summed E-state index contributed by atoms with van der Waals surface area (Å²) in [7, 11) is 0. The maximum atomic E-state index is 13.1. The zero-order chi connectivity index (χ0) is 19.0. The standard InChI is InChI=1S/C22H22N4O/c1-13(2)20(21-24-18-10-6-7-11-19(18)25-21)26-22(27)16-12-14(3)23-17-9-5-4-8-15(16)17/h4-13,20H,1-3H3,(H,24,25)(H,26,27)/t20-/m0/s1. The summed E-state index contributed by atoms with van der Waals surface area (Å²) in [6.45, 7) is 6.06. The van der Waals surface area contributed by atoms with Gasteiger partial charge in [-0.05, 0) is 37.1 Å². The van der Waals surface area contributed by atoms with Crippen molar-refractivity contribution in [3.8, 4) is 0 Å². The van der Waals surface area contributed by atoms with Gasteiger partial charge in [-0.25, -0.2) is 4.98 Å². The van der Waals surface area contributed by atoms with Crippen molar-refractivity contribution in [1.82, 2.24) is 20.3 Å². The Labute approximate surface area is 157 Å². The fourth-order valence-electron chi connectivity index (χ4n) is 3.39. The fraction of sp³-hybridized carbons (Fsp3) is 0.227. The third-order valence-corrected chi connectivity index (χ3v) is 4.74. The molecule has 0 bridgehead atoms. The van der Waals surface area contributed by atoms with Crippen LogP contribution in [-0.2, 0) is 0 Å². The van der Waals surface area contributed by atoms with Crippen LogP contribution in [0.4, 0.5) is 0 Å². The van der Waals surface area contributed by atoms with Gasteiger partial charge >= 0.3 is 0 Å². The van der Waals surface area contributed by atoms with E-state index in [1.165, 1.54) is 0 Å². The summed E-state index contributed by atoms with van der Waals surface area (Å²) in [5.74, 6) is 0.842. The number of imidazole rings is 1. The Morgan fingerprint density at radius 2 is 1.70 bits per heavy atom. The van der Waals surface area contributed by atoms with E-state index < -0.39 is 0 Å². The molecular formula is C22H22N4O. The van der Waals surface area contributed by atoms with Crippen molar-refractivity contribution >= 4 is 27.8 Å². The monoisotopic (exact) mass is 358 g/mol. The molecule has 1 amide bonds. The first-order valence-corrected chi connectivity index (χ1v) is 9.15. The van der Waals surface area contributed by atoms with Gasteiger partial charge in [0.15, 0.2) is 0 Å². The van der Waals surface area contributed by atoms with E-state index in [9.17, 15) is 4.79 Å². The molecule has 2 aromatic carbocycles. The van der Waals surface area contributed by atoms with Crippen molar-refractivity contribution in [2.45, 2.75) is 26.8 Å². The molecule has 2 N–H and O–H groups in total. The van der Waals surface area contributed by atoms with E-state index in [-0.39, 0.29) is 17.9 Å². The number of hydrogen-bond acceptors (Lipinski definition) is 3. The smallest absolute Gasteiger partial charge is 0.252 e. The minimum absolute atomic E-state index is 0.115. The SMILES string of the molecule is Cc1cc(C(=O)N[C@H](c2nc3ccccc3[nH]2)C(C)C)c2ccccc2n1. The molecule has 1 atom stereocenters. The molecule has 0 fully saturated rings. The molecule has 0 aliphatic heterocycles. The van der Waals surface area contributed by atoms with E-state index in [1.54, 1.807) is 0 Å². The van der Waals surface area contributed by atoms with Crippen LogP contribution in [0, 0.1) is 12.8 Å². The maximum absolute atomic E-state index is 13.1. The van der Waals surface area contributed by atoms with Gasteiger partial charge in [0.1, 0.15) is 5.82 Å². The van der Waals surface area contributed by atoms with Gasteiger partial charge in [0, 0.05) is 11.1 Å². The lowest BCUT2D eigenvalue weighted by molar-refractivity contribution is 0.0925. The van der Waals surface area contributed by atoms with Crippen molar-refractivity contribution in [2.75, 3.05) is 0 Å². The Morgan fingerprint density at radius 1 is 1.00 bits per heavy atom. The molecule has 5 heteroatoms. The van der Waals surface area contributed by atoms with E-state index in [2.05, 4.69) is 34.1 Å². The van der Waals surface area contributed by atoms with E-state index >= 15 is 0 Å². The van der Waals surface area contributed by atoms with Crippen LogP contribution < -0.4 is 5.32 Å². The van der Waals surface area contributed by atoms with Gasteiger partial charge in [-0.15, -0.1) is 0 Å². The average Bonchev–Trinajstić information content (AvgIpc) is 3.08. The third-order valence-electron chi connectivity index (χ3n) is 4.74. The zero-order valence-corrected chi connectivity index (χ0v) is 15.7. The average molecular weight is 358 g/mol. The summed E-state index contributed by atoms with van der Waals surface area (Å²) in [5.41, 5.74) is 4.16. The maximum Gasteiger partial charge on any atom is 0.252 e. The predicted molar refractivity (Wildman–Crippen MR) is 108 cm³/mol. The number of nitrogens with one attached hydrogen (secondary N) is 2. The van der Waals surface area contributed by atoms with Crippen LogP contribution in [0.15, 0.2) is 54.6 Å². The molecular weight excluding hydrogens is 336 g/mol. The van der Waals surface area contributed by atoms with Gasteiger partial charge in [-0.3, -0.25) is 9.78 Å². The molecule has 4 rings (SSSR count). The molecule has 5 nitrogen and oxygen atoms in total. The van der Waals surface area contributed by atoms with Crippen molar-refractivity contribution in [1.29, 1.82) is 0 Å². The number of aromatic nitrogens is 3. The summed E-state index contributed by atoms with van der Waals surface area (Å²) in [5, 5.41) is 4.02. The molecule has 0 spiro atoms. The Bertz CT molecular complexity index is 1100. The molecule has 0 aliphatic carbocycles. The largest absolute Gasteiger partial charge is 0.342 e. The number of aromatic amines is 1. The molecule has 27 heavy (non-hydrogen) atoms. The highest BCUT2D eigenvalue weighted by molar-refractivity contribution is 6.06. The van der Waals surface area contributed by atoms with E-state index in [1.807, 2.05) is 61.5 Å². The van der Waals surface area contributed by atoms with E-state index in [4.69, 9.17) is 0 Å². The van der Waals surface area contributed by atoms with Crippen LogP contribution in [0.5, 0.6) is 0 Å². The van der Waals surface area contributed by atoms with Gasteiger partial charge in [0.2, 0.25) is 0 Å². The number of para-hydroxylation sites is 3. The van der Waals surface area contributed by atoms with Gasteiger partial charge in [0.25, 0.3) is 5.91 Å². The number of benzene rings is 2. The number of H-pyrrole nitrogens is 1. The van der Waals surface area contributed by atoms with Crippen molar-refractivity contribution in [3.63, 3.8) is 0 Å². The second kappa shape index (κ2) is 6.83. The number of nitrogens with zero attached hydrogens (tertiary/aromatic N) is 2. The third kappa shape index (κ3) is 3.28. The molecule has 0 saturated carbocycles. The summed E-state index contributed by atoms with van der Waals surface area (Å²) >= 11 is 0. The summed E-state index contributed by atoms with van der Waals surface area (Å²) in [6.07, 6.45) is 0. The number of aryl methyl sites for hydroxylation is 1. The fourth-order valence-corrected chi connectivity index (χ4v) is 3.39. The first kappa shape index (κ1) is 17.2. The normalized spacial score (nSPS) is 12.6. The molecule has 0 aliphatic rings. The molecule has 4 aromatic rings. The van der Waals surface area contributed by atoms with Crippen LogP contribution >= 0.6 is 0 Å². The van der Waals surface area contributed by atoms with Crippen molar-refractivity contribution < 1.29 is 4.79 Å². The van der Waals surface area contributed by atoms with Crippen LogP contribution in [0.2, 0.25) is 0 Å². The van der Waals surface area contributed by atoms with Crippen LogP contribution in [0.25, 0.3) is 21.9 Å².